The van der Waals surface area contributed by atoms with Gasteiger partial charge in [0.25, 0.3) is 0 Å². The zero-order valence-electron chi connectivity index (χ0n) is 9.33. The van der Waals surface area contributed by atoms with Crippen LogP contribution >= 0.6 is 27.7 Å². The summed E-state index contributed by atoms with van der Waals surface area (Å²) in [5.41, 5.74) is 0.787. The van der Waals surface area contributed by atoms with Crippen molar-refractivity contribution in [3.05, 3.63) is 34.3 Å². The molecule has 1 aromatic rings. The first-order valence-electron chi connectivity index (χ1n) is 5.22. The van der Waals surface area contributed by atoms with E-state index in [2.05, 4.69) is 27.5 Å². The number of hydrogen-bond donors (Lipinski definition) is 1. The molecule has 0 fully saturated rings. The fourth-order valence-electron chi connectivity index (χ4n) is 1.28. The van der Waals surface area contributed by atoms with Crippen LogP contribution in [0.2, 0.25) is 0 Å². The Morgan fingerprint density at radius 1 is 1.31 bits per heavy atom. The summed E-state index contributed by atoms with van der Waals surface area (Å²) in [5.74, 6) is 1.29. The van der Waals surface area contributed by atoms with Crippen LogP contribution < -0.4 is 5.32 Å². The van der Waals surface area contributed by atoms with Gasteiger partial charge in [0.1, 0.15) is 0 Å². The summed E-state index contributed by atoms with van der Waals surface area (Å²) in [7, 11) is 0. The lowest BCUT2D eigenvalue weighted by atomic mass is 10.1. The third-order valence-electron chi connectivity index (χ3n) is 2.18. The lowest BCUT2D eigenvalue weighted by molar-refractivity contribution is 0.0983. The van der Waals surface area contributed by atoms with E-state index < -0.39 is 0 Å². The zero-order chi connectivity index (χ0) is 11.8. The monoisotopic (exact) mass is 301 g/mol. The Bertz CT molecular complexity index is 326. The molecule has 0 unspecified atom stereocenters. The predicted molar refractivity (Wildman–Crippen MR) is 74.3 cm³/mol. The molecule has 0 saturated carbocycles. The molecular weight excluding hydrogens is 286 g/mol. The average molecular weight is 302 g/mol. The van der Waals surface area contributed by atoms with Crippen LogP contribution in [0.4, 0.5) is 0 Å². The largest absolute Gasteiger partial charge is 0.315 e. The summed E-state index contributed by atoms with van der Waals surface area (Å²) in [6.07, 6.45) is 2.64. The molecule has 1 rings (SSSR count). The van der Waals surface area contributed by atoms with E-state index in [1.807, 2.05) is 24.3 Å². The number of nitrogens with one attached hydrogen (secondary N) is 1. The van der Waals surface area contributed by atoms with Crippen molar-refractivity contribution < 1.29 is 4.79 Å². The number of hydrogen-bond acceptors (Lipinski definition) is 3. The summed E-state index contributed by atoms with van der Waals surface area (Å²) in [4.78, 5) is 11.7. The van der Waals surface area contributed by atoms with Crippen molar-refractivity contribution in [3.8, 4) is 0 Å². The van der Waals surface area contributed by atoms with Gasteiger partial charge < -0.3 is 5.32 Å². The van der Waals surface area contributed by atoms with Crippen molar-refractivity contribution >= 4 is 33.5 Å². The molecule has 0 aliphatic carbocycles. The Balaban J connectivity index is 2.27. The second-order valence-electron chi connectivity index (χ2n) is 3.42. The Kier molecular flexibility index (Phi) is 6.76. The van der Waals surface area contributed by atoms with Crippen molar-refractivity contribution in [2.24, 2.45) is 0 Å². The second kappa shape index (κ2) is 7.87. The molecular formula is C12H16BrNOS. The summed E-state index contributed by atoms with van der Waals surface area (Å²) < 4.78 is 1.00. The molecule has 1 aromatic carbocycles. The van der Waals surface area contributed by atoms with Gasteiger partial charge in [-0.2, -0.15) is 11.8 Å². The maximum atomic E-state index is 11.7. The SMILES string of the molecule is CSCCNCCC(=O)c1ccc(Br)cc1. The molecule has 0 radical (unpaired) electrons. The summed E-state index contributed by atoms with van der Waals surface area (Å²) in [6.45, 7) is 1.73. The van der Waals surface area contributed by atoms with E-state index in [0.717, 1.165) is 28.9 Å². The molecule has 0 amide bonds. The van der Waals surface area contributed by atoms with Crippen molar-refractivity contribution in [3.63, 3.8) is 0 Å². The van der Waals surface area contributed by atoms with E-state index in [1.165, 1.54) is 0 Å². The van der Waals surface area contributed by atoms with E-state index >= 15 is 0 Å². The van der Waals surface area contributed by atoms with Gasteiger partial charge in [0.05, 0.1) is 0 Å². The molecule has 4 heteroatoms. The van der Waals surface area contributed by atoms with Gasteiger partial charge in [-0.05, 0) is 18.4 Å². The molecule has 88 valence electrons. The van der Waals surface area contributed by atoms with Crippen LogP contribution in [0.25, 0.3) is 0 Å². The Labute approximate surface area is 109 Å². The molecule has 16 heavy (non-hydrogen) atoms. The molecule has 0 saturated heterocycles. The van der Waals surface area contributed by atoms with Crippen molar-refractivity contribution in [2.75, 3.05) is 25.1 Å². The number of benzene rings is 1. The smallest absolute Gasteiger partial charge is 0.164 e. The Morgan fingerprint density at radius 3 is 2.62 bits per heavy atom. The van der Waals surface area contributed by atoms with Gasteiger partial charge in [-0.15, -0.1) is 0 Å². The van der Waals surface area contributed by atoms with Crippen LogP contribution in [0, 0.1) is 0 Å². The van der Waals surface area contributed by atoms with Crippen molar-refractivity contribution in [2.45, 2.75) is 6.42 Å². The molecule has 2 nitrogen and oxygen atoms in total. The lowest BCUT2D eigenvalue weighted by Crippen LogP contribution is -2.20. The average Bonchev–Trinajstić information content (AvgIpc) is 2.29. The summed E-state index contributed by atoms with van der Waals surface area (Å²) in [6, 6.07) is 7.51. The molecule has 0 bridgehead atoms. The fraction of sp³-hybridized carbons (Fsp3) is 0.417. The lowest BCUT2D eigenvalue weighted by Gasteiger charge is -2.03. The highest BCUT2D eigenvalue weighted by atomic mass is 79.9. The van der Waals surface area contributed by atoms with E-state index in [1.54, 1.807) is 11.8 Å². The van der Waals surface area contributed by atoms with E-state index in [-0.39, 0.29) is 5.78 Å². The minimum atomic E-state index is 0.198. The number of Topliss-reactive ketones (excluding diaryl/α,β-unsaturated/α-hetero) is 1. The van der Waals surface area contributed by atoms with Crippen LogP contribution in [0.3, 0.4) is 0 Å². The second-order valence-corrected chi connectivity index (χ2v) is 5.32. The van der Waals surface area contributed by atoms with Crippen LogP contribution in [0.5, 0.6) is 0 Å². The third kappa shape index (κ3) is 5.14. The number of thioether (sulfide) groups is 1. The predicted octanol–water partition coefficient (Wildman–Crippen LogP) is 2.97. The standard InChI is InChI=1S/C12H16BrNOS/c1-16-9-8-14-7-6-12(15)10-2-4-11(13)5-3-10/h2-5,14H,6-9H2,1H3. The minimum Gasteiger partial charge on any atom is -0.315 e. The normalized spacial score (nSPS) is 10.4. The topological polar surface area (TPSA) is 29.1 Å². The molecule has 0 aromatic heterocycles. The minimum absolute atomic E-state index is 0.198. The number of carbonyl (C=O) groups is 1. The molecule has 0 spiro atoms. The summed E-state index contributed by atoms with van der Waals surface area (Å²) in [5, 5.41) is 3.25. The van der Waals surface area contributed by atoms with Crippen molar-refractivity contribution in [1.29, 1.82) is 0 Å². The van der Waals surface area contributed by atoms with Crippen LogP contribution in [0.1, 0.15) is 16.8 Å². The maximum absolute atomic E-state index is 11.7. The van der Waals surface area contributed by atoms with Crippen LogP contribution in [0.15, 0.2) is 28.7 Å². The van der Waals surface area contributed by atoms with Gasteiger partial charge in [0.2, 0.25) is 0 Å². The van der Waals surface area contributed by atoms with Gasteiger partial charge in [0.15, 0.2) is 5.78 Å². The van der Waals surface area contributed by atoms with Crippen LogP contribution in [-0.2, 0) is 0 Å². The van der Waals surface area contributed by atoms with Crippen LogP contribution in [-0.4, -0.2) is 30.9 Å². The van der Waals surface area contributed by atoms with E-state index in [0.29, 0.717) is 6.42 Å². The number of halogens is 1. The molecule has 0 heterocycles. The molecule has 0 aliphatic rings. The molecule has 1 N–H and O–H groups in total. The van der Waals surface area contributed by atoms with Crippen molar-refractivity contribution in [1.82, 2.24) is 5.32 Å². The number of carbonyl (C=O) groups excluding carboxylic acids is 1. The highest BCUT2D eigenvalue weighted by Gasteiger charge is 2.04. The van der Waals surface area contributed by atoms with Gasteiger partial charge >= 0.3 is 0 Å². The summed E-state index contributed by atoms with van der Waals surface area (Å²) >= 11 is 5.16. The molecule has 0 aliphatic heterocycles. The maximum Gasteiger partial charge on any atom is 0.164 e. The zero-order valence-corrected chi connectivity index (χ0v) is 11.7. The van der Waals surface area contributed by atoms with Gasteiger partial charge in [-0.3, -0.25) is 4.79 Å². The number of ketones is 1. The highest BCUT2D eigenvalue weighted by Crippen LogP contribution is 2.11. The first-order valence-corrected chi connectivity index (χ1v) is 7.41. The van der Waals surface area contributed by atoms with E-state index in [4.69, 9.17) is 0 Å². The van der Waals surface area contributed by atoms with E-state index in [9.17, 15) is 4.79 Å². The Morgan fingerprint density at radius 2 is 2.00 bits per heavy atom. The fourth-order valence-corrected chi connectivity index (χ4v) is 1.89. The quantitative estimate of drug-likeness (QED) is 0.620. The first-order chi connectivity index (χ1) is 7.74. The first kappa shape index (κ1) is 13.7. The highest BCUT2D eigenvalue weighted by molar-refractivity contribution is 9.10. The Hall–Kier alpha value is -0.320. The third-order valence-corrected chi connectivity index (χ3v) is 3.32. The van der Waals surface area contributed by atoms with Gasteiger partial charge in [0, 0.05) is 35.3 Å². The number of rotatable bonds is 7. The van der Waals surface area contributed by atoms with Gasteiger partial charge in [-0.1, -0.05) is 28.1 Å². The molecule has 0 atom stereocenters. The van der Waals surface area contributed by atoms with Gasteiger partial charge in [-0.25, -0.2) is 0 Å².